The Morgan fingerprint density at radius 1 is 1.25 bits per heavy atom. The predicted molar refractivity (Wildman–Crippen MR) is 65.5 cm³/mol. The number of benzene rings is 1. The third-order valence-corrected chi connectivity index (χ3v) is 3.41. The lowest BCUT2D eigenvalue weighted by Gasteiger charge is -2.22. The average molecular weight is 315 g/mol. The topological polar surface area (TPSA) is 46.6 Å². The summed E-state index contributed by atoms with van der Waals surface area (Å²) in [6.07, 6.45) is -3.66. The lowest BCUT2D eigenvalue weighted by molar-refractivity contribution is -0.173. The minimum absolute atomic E-state index is 0.231. The Kier molecular flexibility index (Phi) is 5.35. The summed E-state index contributed by atoms with van der Waals surface area (Å²) in [5, 5.41) is 0. The molecule has 0 unspecified atom stereocenters. The Balaban J connectivity index is 2.76. The van der Waals surface area contributed by atoms with Crippen LogP contribution in [-0.4, -0.2) is 40.6 Å². The molecular weight excluding hydrogens is 302 g/mol. The molecule has 0 saturated carbocycles. The van der Waals surface area contributed by atoms with E-state index in [1.807, 2.05) is 0 Å². The molecule has 0 aromatic heterocycles. The molecule has 0 heterocycles. The first-order chi connectivity index (χ1) is 9.11. The van der Waals surface area contributed by atoms with Crippen molar-refractivity contribution in [3.8, 4) is 0 Å². The summed E-state index contributed by atoms with van der Waals surface area (Å²) in [7, 11) is -3.82. The van der Waals surface area contributed by atoms with E-state index in [4.69, 9.17) is 0 Å². The van der Waals surface area contributed by atoms with Crippen LogP contribution in [0.1, 0.15) is 0 Å². The first kappa shape index (κ1) is 16.7. The van der Waals surface area contributed by atoms with E-state index in [0.717, 1.165) is 12.3 Å². The summed E-state index contributed by atoms with van der Waals surface area (Å²) in [6, 6.07) is 5.08. The van der Waals surface area contributed by atoms with Gasteiger partial charge >= 0.3 is 6.18 Å². The number of ether oxygens (including phenoxy) is 1. The van der Waals surface area contributed by atoms with Crippen molar-refractivity contribution < 1.29 is 30.7 Å². The van der Waals surface area contributed by atoms with Crippen molar-refractivity contribution in [1.82, 2.24) is 0 Å². The zero-order chi connectivity index (χ0) is 15.4. The molecule has 9 heteroatoms. The third-order valence-electron chi connectivity index (χ3n) is 2.23. The van der Waals surface area contributed by atoms with Gasteiger partial charge in [-0.3, -0.25) is 4.31 Å². The molecule has 0 bridgehead atoms. The molecule has 1 aromatic rings. The van der Waals surface area contributed by atoms with Gasteiger partial charge in [-0.25, -0.2) is 12.8 Å². The number of anilines is 1. The van der Waals surface area contributed by atoms with Gasteiger partial charge in [0.25, 0.3) is 0 Å². The molecule has 0 saturated heterocycles. The van der Waals surface area contributed by atoms with Crippen LogP contribution in [0.2, 0.25) is 0 Å². The molecule has 114 valence electrons. The van der Waals surface area contributed by atoms with Crippen molar-refractivity contribution >= 4 is 15.7 Å². The lowest BCUT2D eigenvalue weighted by Crippen LogP contribution is -2.34. The van der Waals surface area contributed by atoms with Gasteiger partial charge in [0.15, 0.2) is 0 Å². The van der Waals surface area contributed by atoms with Crippen LogP contribution in [0, 0.1) is 5.82 Å². The largest absolute Gasteiger partial charge is 0.411 e. The number of alkyl halides is 3. The van der Waals surface area contributed by atoms with E-state index in [9.17, 15) is 26.0 Å². The van der Waals surface area contributed by atoms with Crippen molar-refractivity contribution in [1.29, 1.82) is 0 Å². The number of hydrogen-bond acceptors (Lipinski definition) is 3. The van der Waals surface area contributed by atoms with Gasteiger partial charge in [-0.2, -0.15) is 13.2 Å². The first-order valence-corrected chi connectivity index (χ1v) is 7.33. The molecule has 0 spiro atoms. The molecule has 0 aliphatic heterocycles. The number of rotatable bonds is 6. The molecule has 0 atom stereocenters. The number of para-hydroxylation sites is 1. The smallest absolute Gasteiger partial charge is 0.370 e. The Bertz CT molecular complexity index is 545. The standard InChI is InChI=1S/C11H13F4NO3S/c1-20(17,18)16(6-7-19-8-11(13,14)15)10-5-3-2-4-9(10)12/h2-5H,6-8H2,1H3. The molecule has 1 aromatic carbocycles. The SMILES string of the molecule is CS(=O)(=O)N(CCOCC(F)(F)F)c1ccccc1F. The maximum atomic E-state index is 13.5. The summed E-state index contributed by atoms with van der Waals surface area (Å²) in [4.78, 5) is 0. The average Bonchev–Trinajstić information content (AvgIpc) is 2.27. The third kappa shape index (κ3) is 5.33. The maximum Gasteiger partial charge on any atom is 0.411 e. The highest BCUT2D eigenvalue weighted by Crippen LogP contribution is 2.21. The van der Waals surface area contributed by atoms with E-state index in [-0.39, 0.29) is 5.69 Å². The first-order valence-electron chi connectivity index (χ1n) is 5.48. The molecule has 0 N–H and O–H groups in total. The minimum Gasteiger partial charge on any atom is -0.370 e. The summed E-state index contributed by atoms with van der Waals surface area (Å²) in [5.41, 5.74) is -0.231. The molecule has 0 fully saturated rings. The number of sulfonamides is 1. The molecular formula is C11H13F4NO3S. The van der Waals surface area contributed by atoms with Crippen LogP contribution in [0.3, 0.4) is 0 Å². The van der Waals surface area contributed by atoms with Crippen LogP contribution in [0.25, 0.3) is 0 Å². The summed E-state index contributed by atoms with van der Waals surface area (Å²) >= 11 is 0. The Labute approximate surface area is 114 Å². The lowest BCUT2D eigenvalue weighted by atomic mass is 10.3. The quantitative estimate of drug-likeness (QED) is 0.597. The van der Waals surface area contributed by atoms with Crippen LogP contribution in [-0.2, 0) is 14.8 Å². The zero-order valence-corrected chi connectivity index (χ0v) is 11.3. The fraction of sp³-hybridized carbons (Fsp3) is 0.455. The van der Waals surface area contributed by atoms with Crippen LogP contribution in [0.4, 0.5) is 23.2 Å². The van der Waals surface area contributed by atoms with Crippen molar-refractivity contribution in [2.75, 3.05) is 30.3 Å². The highest BCUT2D eigenvalue weighted by Gasteiger charge is 2.28. The second kappa shape index (κ2) is 6.40. The molecule has 0 aliphatic rings. The Hall–Kier alpha value is -1.35. The van der Waals surface area contributed by atoms with Gasteiger partial charge in [0.05, 0.1) is 25.1 Å². The van der Waals surface area contributed by atoms with Gasteiger partial charge in [-0.05, 0) is 12.1 Å². The normalized spacial score (nSPS) is 12.4. The summed E-state index contributed by atoms with van der Waals surface area (Å²) < 4.78 is 77.3. The summed E-state index contributed by atoms with van der Waals surface area (Å²) in [5.74, 6) is -0.784. The molecule has 0 aliphatic carbocycles. The van der Waals surface area contributed by atoms with Gasteiger partial charge in [-0.15, -0.1) is 0 Å². The molecule has 0 amide bonds. The van der Waals surface area contributed by atoms with Gasteiger partial charge in [-0.1, -0.05) is 12.1 Å². The fourth-order valence-electron chi connectivity index (χ4n) is 1.45. The van der Waals surface area contributed by atoms with E-state index in [2.05, 4.69) is 4.74 Å². The minimum atomic E-state index is -4.49. The zero-order valence-electron chi connectivity index (χ0n) is 10.5. The van der Waals surface area contributed by atoms with Crippen LogP contribution < -0.4 is 4.31 Å². The van der Waals surface area contributed by atoms with E-state index < -0.39 is 41.8 Å². The van der Waals surface area contributed by atoms with Crippen molar-refractivity contribution in [2.45, 2.75) is 6.18 Å². The Morgan fingerprint density at radius 2 is 1.85 bits per heavy atom. The maximum absolute atomic E-state index is 13.5. The van der Waals surface area contributed by atoms with Gasteiger partial charge in [0.1, 0.15) is 12.4 Å². The van der Waals surface area contributed by atoms with E-state index in [1.165, 1.54) is 18.2 Å². The van der Waals surface area contributed by atoms with Gasteiger partial charge in [0.2, 0.25) is 10.0 Å². The number of halogens is 4. The number of nitrogens with zero attached hydrogens (tertiary/aromatic N) is 1. The molecule has 4 nitrogen and oxygen atoms in total. The van der Waals surface area contributed by atoms with E-state index >= 15 is 0 Å². The van der Waals surface area contributed by atoms with Crippen LogP contribution in [0.5, 0.6) is 0 Å². The second-order valence-electron chi connectivity index (χ2n) is 3.95. The highest BCUT2D eigenvalue weighted by atomic mass is 32.2. The molecule has 1 rings (SSSR count). The van der Waals surface area contributed by atoms with Gasteiger partial charge < -0.3 is 4.74 Å². The molecule has 20 heavy (non-hydrogen) atoms. The van der Waals surface area contributed by atoms with Crippen LogP contribution in [0.15, 0.2) is 24.3 Å². The molecule has 0 radical (unpaired) electrons. The number of hydrogen-bond donors (Lipinski definition) is 0. The van der Waals surface area contributed by atoms with Crippen LogP contribution >= 0.6 is 0 Å². The highest BCUT2D eigenvalue weighted by molar-refractivity contribution is 7.92. The second-order valence-corrected chi connectivity index (χ2v) is 5.86. The van der Waals surface area contributed by atoms with E-state index in [1.54, 1.807) is 0 Å². The monoisotopic (exact) mass is 315 g/mol. The van der Waals surface area contributed by atoms with Crippen molar-refractivity contribution in [2.24, 2.45) is 0 Å². The fourth-order valence-corrected chi connectivity index (χ4v) is 2.37. The summed E-state index contributed by atoms with van der Waals surface area (Å²) in [6.45, 7) is -2.39. The van der Waals surface area contributed by atoms with E-state index in [0.29, 0.717) is 4.31 Å². The predicted octanol–water partition coefficient (Wildman–Crippen LogP) is 2.17. The van der Waals surface area contributed by atoms with Crippen molar-refractivity contribution in [3.05, 3.63) is 30.1 Å². The van der Waals surface area contributed by atoms with Gasteiger partial charge in [0, 0.05) is 0 Å². The Morgan fingerprint density at radius 3 is 2.35 bits per heavy atom. The van der Waals surface area contributed by atoms with Crippen molar-refractivity contribution in [3.63, 3.8) is 0 Å².